The fourth-order valence-electron chi connectivity index (χ4n) is 4.55. The van der Waals surface area contributed by atoms with E-state index in [1.807, 2.05) is 0 Å². The first-order valence-corrected chi connectivity index (χ1v) is 8.93. The van der Waals surface area contributed by atoms with Crippen molar-refractivity contribution < 1.29 is 0 Å². The van der Waals surface area contributed by atoms with Crippen molar-refractivity contribution in [3.8, 4) is 6.07 Å². The summed E-state index contributed by atoms with van der Waals surface area (Å²) in [5.41, 5.74) is 6.44. The molecule has 1 nitrogen and oxygen atoms in total. The lowest BCUT2D eigenvalue weighted by Gasteiger charge is -2.37. The maximum absolute atomic E-state index is 9.70. The van der Waals surface area contributed by atoms with E-state index in [4.69, 9.17) is 0 Å². The lowest BCUT2D eigenvalue weighted by molar-refractivity contribution is 0.181. The van der Waals surface area contributed by atoms with Crippen molar-refractivity contribution in [1.29, 1.82) is 5.26 Å². The van der Waals surface area contributed by atoms with Crippen molar-refractivity contribution >= 4 is 5.57 Å². The van der Waals surface area contributed by atoms with Gasteiger partial charge in [-0.3, -0.25) is 0 Å². The van der Waals surface area contributed by atoms with Crippen LogP contribution in [0.15, 0.2) is 23.8 Å². The molecule has 0 amide bonds. The molecule has 0 bridgehead atoms. The van der Waals surface area contributed by atoms with E-state index in [-0.39, 0.29) is 0 Å². The van der Waals surface area contributed by atoms with Gasteiger partial charge in [-0.25, -0.2) is 0 Å². The van der Waals surface area contributed by atoms with Crippen LogP contribution in [0.25, 0.3) is 5.57 Å². The summed E-state index contributed by atoms with van der Waals surface area (Å²) in [5.74, 6) is 2.98. The number of fused-ring (bicyclic) bond motifs is 1. The molecule has 2 unspecified atom stereocenters. The van der Waals surface area contributed by atoms with Gasteiger partial charge in [0, 0.05) is 0 Å². The predicted octanol–water partition coefficient (Wildman–Crippen LogP) is 5.78. The summed E-state index contributed by atoms with van der Waals surface area (Å²) >= 11 is 0. The van der Waals surface area contributed by atoms with Crippen LogP contribution in [0, 0.1) is 23.2 Å². The van der Waals surface area contributed by atoms with E-state index in [1.54, 1.807) is 0 Å². The van der Waals surface area contributed by atoms with Gasteiger partial charge in [0.05, 0.1) is 11.6 Å². The molecule has 0 spiro atoms. The zero-order valence-corrected chi connectivity index (χ0v) is 13.7. The third-order valence-electron chi connectivity index (χ3n) is 6.36. The quantitative estimate of drug-likeness (QED) is 0.677. The van der Waals surface area contributed by atoms with Gasteiger partial charge in [0.1, 0.15) is 0 Å². The maximum Gasteiger partial charge on any atom is 0.0997 e. The first-order chi connectivity index (χ1) is 10.7. The SMILES string of the molecule is CC1=C(C#N)c2ccc(C3CC3)cc2C(C)C(C2CCC2)C1. The molecule has 1 heteroatoms. The molecule has 0 aromatic heterocycles. The Bertz CT molecular complexity index is 668. The monoisotopic (exact) mass is 291 g/mol. The highest BCUT2D eigenvalue weighted by molar-refractivity contribution is 5.82. The lowest BCUT2D eigenvalue weighted by Crippen LogP contribution is -2.26. The molecule has 2 fully saturated rings. The van der Waals surface area contributed by atoms with Crippen molar-refractivity contribution in [1.82, 2.24) is 0 Å². The summed E-state index contributed by atoms with van der Waals surface area (Å²) in [6, 6.07) is 9.47. The van der Waals surface area contributed by atoms with E-state index in [2.05, 4.69) is 38.1 Å². The van der Waals surface area contributed by atoms with Crippen LogP contribution in [-0.4, -0.2) is 0 Å². The minimum Gasteiger partial charge on any atom is -0.192 e. The normalized spacial score (nSPS) is 28.6. The third-order valence-corrected chi connectivity index (χ3v) is 6.36. The molecule has 4 rings (SSSR count). The minimum atomic E-state index is 0.583. The molecule has 0 heterocycles. The van der Waals surface area contributed by atoms with Gasteiger partial charge in [-0.1, -0.05) is 50.0 Å². The van der Waals surface area contributed by atoms with Crippen LogP contribution in [0.5, 0.6) is 0 Å². The van der Waals surface area contributed by atoms with Crippen LogP contribution in [0.4, 0.5) is 0 Å². The number of hydrogen-bond acceptors (Lipinski definition) is 1. The highest BCUT2D eigenvalue weighted by Gasteiger charge is 2.36. The lowest BCUT2D eigenvalue weighted by atomic mass is 9.68. The second-order valence-corrected chi connectivity index (χ2v) is 7.74. The molecule has 2 saturated carbocycles. The first-order valence-electron chi connectivity index (χ1n) is 8.93. The minimum absolute atomic E-state index is 0.583. The van der Waals surface area contributed by atoms with Gasteiger partial charge < -0.3 is 0 Å². The van der Waals surface area contributed by atoms with Gasteiger partial charge >= 0.3 is 0 Å². The van der Waals surface area contributed by atoms with Crippen molar-refractivity contribution in [2.24, 2.45) is 11.8 Å². The molecule has 1 aromatic rings. The average Bonchev–Trinajstić information content (AvgIpc) is 3.29. The van der Waals surface area contributed by atoms with Gasteiger partial charge in [-0.15, -0.1) is 0 Å². The molecule has 0 saturated heterocycles. The first kappa shape index (κ1) is 14.1. The molecule has 1 aromatic carbocycles. The van der Waals surface area contributed by atoms with E-state index in [0.717, 1.165) is 29.7 Å². The largest absolute Gasteiger partial charge is 0.192 e. The number of allylic oxidation sites excluding steroid dienone is 2. The standard InChI is InChI=1S/C21H25N/c1-13-10-19(16-4-3-5-16)14(2)20-11-17(15-6-7-15)8-9-18(20)21(13)12-22/h8-9,11,14-16,19H,3-7,10H2,1-2H3. The van der Waals surface area contributed by atoms with Crippen LogP contribution in [0.1, 0.15) is 80.9 Å². The predicted molar refractivity (Wildman–Crippen MR) is 90.5 cm³/mol. The van der Waals surface area contributed by atoms with E-state index < -0.39 is 0 Å². The fourth-order valence-corrected chi connectivity index (χ4v) is 4.55. The van der Waals surface area contributed by atoms with Crippen LogP contribution in [0.3, 0.4) is 0 Å². The summed E-state index contributed by atoms with van der Waals surface area (Å²) in [4.78, 5) is 0. The zero-order valence-electron chi connectivity index (χ0n) is 13.7. The molecule has 2 atom stereocenters. The van der Waals surface area contributed by atoms with Crippen molar-refractivity contribution in [3.05, 3.63) is 40.5 Å². The molecule has 114 valence electrons. The summed E-state index contributed by atoms with van der Waals surface area (Å²) in [7, 11) is 0. The summed E-state index contributed by atoms with van der Waals surface area (Å²) in [6.07, 6.45) is 7.99. The molecule has 3 aliphatic carbocycles. The molecule has 0 N–H and O–H groups in total. The molecule has 0 radical (unpaired) electrons. The molecule has 0 aliphatic heterocycles. The van der Waals surface area contributed by atoms with Gasteiger partial charge in [0.2, 0.25) is 0 Å². The Morgan fingerprint density at radius 3 is 2.50 bits per heavy atom. The number of nitrogens with zero attached hydrogens (tertiary/aromatic N) is 1. The Hall–Kier alpha value is -1.55. The Morgan fingerprint density at radius 2 is 1.91 bits per heavy atom. The van der Waals surface area contributed by atoms with Crippen LogP contribution in [-0.2, 0) is 0 Å². The number of nitriles is 1. The van der Waals surface area contributed by atoms with E-state index in [1.165, 1.54) is 54.4 Å². The fraction of sp³-hybridized carbons (Fsp3) is 0.571. The van der Waals surface area contributed by atoms with Crippen LogP contribution < -0.4 is 0 Å². The summed E-state index contributed by atoms with van der Waals surface area (Å²) in [5, 5.41) is 9.70. The van der Waals surface area contributed by atoms with E-state index >= 15 is 0 Å². The summed E-state index contributed by atoms with van der Waals surface area (Å²) in [6.45, 7) is 4.59. The topological polar surface area (TPSA) is 23.8 Å². The summed E-state index contributed by atoms with van der Waals surface area (Å²) < 4.78 is 0. The van der Waals surface area contributed by atoms with Gasteiger partial charge in [-0.05, 0) is 66.5 Å². The van der Waals surface area contributed by atoms with Crippen LogP contribution in [0.2, 0.25) is 0 Å². The van der Waals surface area contributed by atoms with Crippen molar-refractivity contribution in [2.45, 2.75) is 64.2 Å². The molecular formula is C21H25N. The smallest absolute Gasteiger partial charge is 0.0997 e. The number of benzene rings is 1. The number of rotatable bonds is 2. The van der Waals surface area contributed by atoms with Crippen molar-refractivity contribution in [3.63, 3.8) is 0 Å². The average molecular weight is 291 g/mol. The molecule has 3 aliphatic rings. The second-order valence-electron chi connectivity index (χ2n) is 7.74. The van der Waals surface area contributed by atoms with Gasteiger partial charge in [-0.2, -0.15) is 5.26 Å². The Morgan fingerprint density at radius 1 is 1.14 bits per heavy atom. The van der Waals surface area contributed by atoms with Crippen molar-refractivity contribution in [2.75, 3.05) is 0 Å². The molecular weight excluding hydrogens is 266 g/mol. The second kappa shape index (κ2) is 5.27. The highest BCUT2D eigenvalue weighted by Crippen LogP contribution is 2.49. The van der Waals surface area contributed by atoms with Crippen LogP contribution >= 0.6 is 0 Å². The third kappa shape index (κ3) is 2.21. The Kier molecular flexibility index (Phi) is 3.37. The van der Waals surface area contributed by atoms with E-state index in [0.29, 0.717) is 5.92 Å². The van der Waals surface area contributed by atoms with E-state index in [9.17, 15) is 5.26 Å². The Labute approximate surface area is 134 Å². The molecule has 22 heavy (non-hydrogen) atoms. The zero-order chi connectivity index (χ0) is 15.3. The maximum atomic E-state index is 9.70. The Balaban J connectivity index is 1.82. The van der Waals surface area contributed by atoms with Gasteiger partial charge in [0.15, 0.2) is 0 Å². The van der Waals surface area contributed by atoms with Gasteiger partial charge in [0.25, 0.3) is 0 Å². The highest BCUT2D eigenvalue weighted by atomic mass is 14.4. The number of hydrogen-bond donors (Lipinski definition) is 0.